The standard InChI is InChI=1S/C16H22N2O/c1-4-6-14(17-3)11-19-15-8-5-7-13-10-9-12(2)18-16(13)15/h5,7-10,14,17H,4,6,11H2,1-3H3. The van der Waals surface area contributed by atoms with Crippen LogP contribution in [0, 0.1) is 6.92 Å². The van der Waals surface area contributed by atoms with Crippen LogP contribution in [0.3, 0.4) is 0 Å². The van der Waals surface area contributed by atoms with Crippen molar-refractivity contribution in [1.82, 2.24) is 10.3 Å². The molecule has 2 aromatic rings. The van der Waals surface area contributed by atoms with Crippen LogP contribution in [0.5, 0.6) is 5.75 Å². The Labute approximate surface area is 115 Å². The first-order valence-corrected chi connectivity index (χ1v) is 6.91. The summed E-state index contributed by atoms with van der Waals surface area (Å²) >= 11 is 0. The number of para-hydroxylation sites is 1. The lowest BCUT2D eigenvalue weighted by Crippen LogP contribution is -2.31. The summed E-state index contributed by atoms with van der Waals surface area (Å²) < 4.78 is 5.95. The number of nitrogens with one attached hydrogen (secondary N) is 1. The van der Waals surface area contributed by atoms with E-state index in [1.54, 1.807) is 0 Å². The van der Waals surface area contributed by atoms with Crippen LogP contribution in [-0.4, -0.2) is 24.7 Å². The van der Waals surface area contributed by atoms with Crippen LogP contribution in [0.2, 0.25) is 0 Å². The molecular weight excluding hydrogens is 236 g/mol. The Morgan fingerprint density at radius 2 is 2.11 bits per heavy atom. The Balaban J connectivity index is 2.18. The molecule has 1 aromatic heterocycles. The molecule has 3 heteroatoms. The number of nitrogens with zero attached hydrogens (tertiary/aromatic N) is 1. The number of pyridine rings is 1. The molecule has 2 rings (SSSR count). The fourth-order valence-electron chi connectivity index (χ4n) is 2.18. The van der Waals surface area contributed by atoms with Gasteiger partial charge in [0.2, 0.25) is 0 Å². The van der Waals surface area contributed by atoms with Crippen molar-refractivity contribution in [2.24, 2.45) is 0 Å². The fraction of sp³-hybridized carbons (Fsp3) is 0.438. The van der Waals surface area contributed by atoms with Gasteiger partial charge in [-0.15, -0.1) is 0 Å². The lowest BCUT2D eigenvalue weighted by Gasteiger charge is -2.17. The van der Waals surface area contributed by atoms with E-state index in [1.807, 2.05) is 32.2 Å². The Bertz CT molecular complexity index is 539. The first-order chi connectivity index (χ1) is 9.24. The third-order valence-corrected chi connectivity index (χ3v) is 3.31. The van der Waals surface area contributed by atoms with Crippen molar-refractivity contribution in [2.45, 2.75) is 32.7 Å². The minimum Gasteiger partial charge on any atom is -0.490 e. The number of aryl methyl sites for hydroxylation is 1. The monoisotopic (exact) mass is 258 g/mol. The van der Waals surface area contributed by atoms with Crippen molar-refractivity contribution in [3.63, 3.8) is 0 Å². The third-order valence-electron chi connectivity index (χ3n) is 3.31. The van der Waals surface area contributed by atoms with Crippen LogP contribution in [0.1, 0.15) is 25.5 Å². The van der Waals surface area contributed by atoms with Crippen molar-refractivity contribution in [3.8, 4) is 5.75 Å². The normalized spacial score (nSPS) is 12.6. The molecule has 1 unspecified atom stereocenters. The van der Waals surface area contributed by atoms with Crippen LogP contribution in [-0.2, 0) is 0 Å². The SMILES string of the molecule is CCCC(COc1cccc2ccc(C)nc12)NC. The van der Waals surface area contributed by atoms with Crippen LogP contribution in [0.25, 0.3) is 10.9 Å². The first kappa shape index (κ1) is 13.8. The highest BCUT2D eigenvalue weighted by atomic mass is 16.5. The number of likely N-dealkylation sites (N-methyl/N-ethyl adjacent to an activating group) is 1. The molecule has 0 amide bonds. The Hall–Kier alpha value is -1.61. The average Bonchev–Trinajstić information content (AvgIpc) is 2.43. The van der Waals surface area contributed by atoms with Gasteiger partial charge in [-0.2, -0.15) is 0 Å². The lowest BCUT2D eigenvalue weighted by atomic mass is 10.1. The van der Waals surface area contributed by atoms with Gasteiger partial charge < -0.3 is 10.1 Å². The number of hydrogen-bond acceptors (Lipinski definition) is 3. The Morgan fingerprint density at radius 3 is 2.84 bits per heavy atom. The summed E-state index contributed by atoms with van der Waals surface area (Å²) in [6.45, 7) is 4.87. The van der Waals surface area contributed by atoms with Crippen LogP contribution < -0.4 is 10.1 Å². The second-order valence-corrected chi connectivity index (χ2v) is 4.87. The molecule has 3 nitrogen and oxygen atoms in total. The largest absolute Gasteiger partial charge is 0.490 e. The van der Waals surface area contributed by atoms with Gasteiger partial charge in [0.05, 0.1) is 0 Å². The van der Waals surface area contributed by atoms with Gasteiger partial charge in [-0.05, 0) is 32.5 Å². The van der Waals surface area contributed by atoms with Gasteiger partial charge in [0.25, 0.3) is 0 Å². The molecule has 0 aliphatic rings. The molecule has 0 aliphatic heterocycles. The maximum Gasteiger partial charge on any atom is 0.145 e. The zero-order chi connectivity index (χ0) is 13.7. The molecule has 1 aromatic carbocycles. The number of benzene rings is 1. The lowest BCUT2D eigenvalue weighted by molar-refractivity contribution is 0.265. The smallest absolute Gasteiger partial charge is 0.145 e. The van der Waals surface area contributed by atoms with E-state index in [-0.39, 0.29) is 0 Å². The van der Waals surface area contributed by atoms with Gasteiger partial charge in [0, 0.05) is 17.1 Å². The molecule has 0 saturated heterocycles. The van der Waals surface area contributed by atoms with Gasteiger partial charge in [0.15, 0.2) is 0 Å². The van der Waals surface area contributed by atoms with Gasteiger partial charge >= 0.3 is 0 Å². The number of fused-ring (bicyclic) bond motifs is 1. The van der Waals surface area contributed by atoms with Crippen LogP contribution >= 0.6 is 0 Å². The molecule has 0 fully saturated rings. The van der Waals surface area contributed by atoms with E-state index in [9.17, 15) is 0 Å². The number of aromatic nitrogens is 1. The summed E-state index contributed by atoms with van der Waals surface area (Å²) in [6.07, 6.45) is 2.27. The highest BCUT2D eigenvalue weighted by molar-refractivity contribution is 5.84. The van der Waals surface area contributed by atoms with E-state index in [4.69, 9.17) is 4.74 Å². The minimum absolute atomic E-state index is 0.394. The second kappa shape index (κ2) is 6.53. The summed E-state index contributed by atoms with van der Waals surface area (Å²) in [5.74, 6) is 0.873. The molecule has 0 bridgehead atoms. The highest BCUT2D eigenvalue weighted by Crippen LogP contribution is 2.24. The van der Waals surface area contributed by atoms with Crippen molar-refractivity contribution in [2.75, 3.05) is 13.7 Å². The molecule has 0 radical (unpaired) electrons. The number of rotatable bonds is 6. The van der Waals surface area contributed by atoms with Crippen LogP contribution in [0.4, 0.5) is 0 Å². The van der Waals surface area contributed by atoms with E-state index in [1.165, 1.54) is 0 Å². The fourth-order valence-corrected chi connectivity index (χ4v) is 2.18. The average molecular weight is 258 g/mol. The number of ether oxygens (including phenoxy) is 1. The summed E-state index contributed by atoms with van der Waals surface area (Å²) in [5, 5.41) is 4.41. The predicted octanol–water partition coefficient (Wildman–Crippen LogP) is 3.31. The topological polar surface area (TPSA) is 34.1 Å². The van der Waals surface area contributed by atoms with Gasteiger partial charge in [0.1, 0.15) is 17.9 Å². The van der Waals surface area contributed by atoms with Gasteiger partial charge in [-0.3, -0.25) is 0 Å². The molecule has 1 atom stereocenters. The predicted molar refractivity (Wildman–Crippen MR) is 79.7 cm³/mol. The maximum atomic E-state index is 5.95. The van der Waals surface area contributed by atoms with E-state index in [2.05, 4.69) is 29.4 Å². The second-order valence-electron chi connectivity index (χ2n) is 4.87. The van der Waals surface area contributed by atoms with E-state index in [0.29, 0.717) is 12.6 Å². The minimum atomic E-state index is 0.394. The van der Waals surface area contributed by atoms with E-state index in [0.717, 1.165) is 35.2 Å². The summed E-state index contributed by atoms with van der Waals surface area (Å²) in [4.78, 5) is 4.58. The van der Waals surface area contributed by atoms with Crippen molar-refractivity contribution in [3.05, 3.63) is 36.0 Å². The molecule has 0 aliphatic carbocycles. The van der Waals surface area contributed by atoms with E-state index < -0.39 is 0 Å². The molecule has 1 N–H and O–H groups in total. The zero-order valence-electron chi connectivity index (χ0n) is 11.9. The highest BCUT2D eigenvalue weighted by Gasteiger charge is 2.08. The quantitative estimate of drug-likeness (QED) is 0.863. The summed E-state index contributed by atoms with van der Waals surface area (Å²) in [6, 6.07) is 10.6. The molecule has 1 heterocycles. The molecule has 102 valence electrons. The van der Waals surface area contributed by atoms with Crippen molar-refractivity contribution < 1.29 is 4.74 Å². The van der Waals surface area contributed by atoms with Crippen molar-refractivity contribution >= 4 is 10.9 Å². The maximum absolute atomic E-state index is 5.95. The molecule has 19 heavy (non-hydrogen) atoms. The zero-order valence-corrected chi connectivity index (χ0v) is 11.9. The Kier molecular flexibility index (Phi) is 4.74. The first-order valence-electron chi connectivity index (χ1n) is 6.91. The Morgan fingerprint density at radius 1 is 1.26 bits per heavy atom. The number of hydrogen-bond donors (Lipinski definition) is 1. The molecule has 0 spiro atoms. The molecule has 0 saturated carbocycles. The van der Waals surface area contributed by atoms with Gasteiger partial charge in [-0.1, -0.05) is 31.5 Å². The summed E-state index contributed by atoms with van der Waals surface area (Å²) in [5.41, 5.74) is 1.97. The van der Waals surface area contributed by atoms with E-state index >= 15 is 0 Å². The third kappa shape index (κ3) is 3.44. The van der Waals surface area contributed by atoms with Crippen molar-refractivity contribution in [1.29, 1.82) is 0 Å². The molecular formula is C16H22N2O. The summed E-state index contributed by atoms with van der Waals surface area (Å²) in [7, 11) is 1.98. The van der Waals surface area contributed by atoms with Crippen LogP contribution in [0.15, 0.2) is 30.3 Å². The van der Waals surface area contributed by atoms with Gasteiger partial charge in [-0.25, -0.2) is 4.98 Å².